The molecule has 0 radical (unpaired) electrons. The van der Waals surface area contributed by atoms with Crippen LogP contribution in [0.2, 0.25) is 0 Å². The Morgan fingerprint density at radius 2 is 2.00 bits per heavy atom. The van der Waals surface area contributed by atoms with Crippen LogP contribution in [0.4, 0.5) is 4.79 Å². The Morgan fingerprint density at radius 3 is 2.43 bits per heavy atom. The van der Waals surface area contributed by atoms with Crippen LogP contribution in [0.3, 0.4) is 0 Å². The van der Waals surface area contributed by atoms with Crippen molar-refractivity contribution in [2.75, 3.05) is 20.0 Å². The van der Waals surface area contributed by atoms with Crippen molar-refractivity contribution in [3.63, 3.8) is 0 Å². The Morgan fingerprint density at radius 1 is 1.43 bits per heavy atom. The molecular weight excluding hydrogens is 247 g/mol. The molecule has 14 heavy (non-hydrogen) atoms. The monoisotopic (exact) mass is 258 g/mol. The molecule has 0 aliphatic carbocycles. The van der Waals surface area contributed by atoms with Gasteiger partial charge in [0.2, 0.25) is 13.5 Å². The average molecular weight is 258 g/mol. The van der Waals surface area contributed by atoms with Gasteiger partial charge in [0, 0.05) is 14.2 Å². The van der Waals surface area contributed by atoms with Gasteiger partial charge in [-0.05, 0) is 10.4 Å². The van der Waals surface area contributed by atoms with E-state index in [1.165, 1.54) is 35.4 Å². The number of amides is 3. The molecule has 0 heterocycles. The van der Waals surface area contributed by atoms with Gasteiger partial charge in [-0.25, -0.2) is 4.79 Å². The molecule has 0 saturated carbocycles. The fourth-order valence-electron chi connectivity index (χ4n) is 0.432. The Kier molecular flexibility index (Phi) is 8.30. The van der Waals surface area contributed by atoms with E-state index in [2.05, 4.69) is 0 Å². The molecule has 0 aromatic carbocycles. The highest BCUT2D eigenvalue weighted by Gasteiger charge is 2.10. The zero-order valence-electron chi connectivity index (χ0n) is 7.68. The third-order valence-corrected chi connectivity index (χ3v) is 6.04. The molecule has 9 heteroatoms. The number of hydrogen-bond donors (Lipinski definition) is 2. The predicted octanol–water partition coefficient (Wildman–Crippen LogP) is 1.08. The van der Waals surface area contributed by atoms with E-state index in [0.717, 1.165) is 0 Å². The van der Waals surface area contributed by atoms with Crippen LogP contribution in [0.5, 0.6) is 0 Å². The molecule has 0 spiro atoms. The van der Waals surface area contributed by atoms with Crippen LogP contribution >= 0.6 is 28.8 Å². The van der Waals surface area contributed by atoms with E-state index >= 15 is 0 Å². The quantitative estimate of drug-likeness (QED) is 0.547. The number of hydrogen-bond acceptors (Lipinski definition) is 6. The predicted molar refractivity (Wildman–Crippen MR) is 58.7 cm³/mol. The van der Waals surface area contributed by atoms with Crippen LogP contribution < -0.4 is 11.1 Å². The smallest absolute Gasteiger partial charge is 0.318 e. The van der Waals surface area contributed by atoms with Crippen molar-refractivity contribution >= 4 is 40.7 Å². The number of imide groups is 1. The van der Waals surface area contributed by atoms with Crippen LogP contribution in [0, 0.1) is 0 Å². The lowest BCUT2D eigenvalue weighted by molar-refractivity contribution is -0.117. The van der Waals surface area contributed by atoms with Crippen molar-refractivity contribution < 1.29 is 18.6 Å². The van der Waals surface area contributed by atoms with Gasteiger partial charge < -0.3 is 14.8 Å². The molecule has 0 unspecified atom stereocenters. The summed E-state index contributed by atoms with van der Waals surface area (Å²) in [6.07, 6.45) is 0. The number of nitrogens with two attached hydrogens (primary N) is 1. The van der Waals surface area contributed by atoms with E-state index < -0.39 is 19.5 Å². The molecule has 0 saturated heterocycles. The van der Waals surface area contributed by atoms with Gasteiger partial charge in [-0.1, -0.05) is 10.8 Å². The van der Waals surface area contributed by atoms with E-state index in [-0.39, 0.29) is 5.75 Å². The van der Waals surface area contributed by atoms with Crippen molar-refractivity contribution in [3.8, 4) is 0 Å². The van der Waals surface area contributed by atoms with Crippen LogP contribution in [-0.2, 0) is 13.8 Å². The summed E-state index contributed by atoms with van der Waals surface area (Å²) < 4.78 is 9.85. The van der Waals surface area contributed by atoms with E-state index in [9.17, 15) is 9.59 Å². The highest BCUT2D eigenvalue weighted by atomic mass is 33.3. The van der Waals surface area contributed by atoms with Gasteiger partial charge in [-0.3, -0.25) is 10.1 Å². The fraction of sp³-hybridized carbons (Fsp3) is 0.600. The minimum absolute atomic E-state index is 0.124. The van der Waals surface area contributed by atoms with Gasteiger partial charge in [-0.2, -0.15) is 0 Å². The topological polar surface area (TPSA) is 90.7 Å². The number of urea groups is 1. The molecule has 0 bridgehead atoms. The minimum Gasteiger partial charge on any atom is -0.351 e. The first kappa shape index (κ1) is 14.0. The molecule has 0 aliphatic rings. The van der Waals surface area contributed by atoms with Crippen molar-refractivity contribution in [2.24, 2.45) is 5.73 Å². The standard InChI is InChI=1S/C5H11N2O4PS2/c1-10-12(11-2)14-13-3-4(8)7-5(6)9/h3H2,1-2H3,(H3,6,7,8,9). The zero-order valence-corrected chi connectivity index (χ0v) is 10.2. The second-order valence-electron chi connectivity index (χ2n) is 1.84. The van der Waals surface area contributed by atoms with Crippen LogP contribution in [0.15, 0.2) is 0 Å². The highest BCUT2D eigenvalue weighted by Crippen LogP contribution is 2.56. The number of carbonyl (C=O) groups is 2. The number of primary amides is 1. The zero-order chi connectivity index (χ0) is 11.0. The van der Waals surface area contributed by atoms with Gasteiger partial charge in [0.05, 0.1) is 5.75 Å². The number of nitrogens with one attached hydrogen (secondary N) is 1. The first-order valence-electron chi connectivity index (χ1n) is 3.37. The summed E-state index contributed by atoms with van der Waals surface area (Å²) >= 11 is 0. The third-order valence-electron chi connectivity index (χ3n) is 0.864. The third kappa shape index (κ3) is 7.40. The molecular formula is C5H11N2O4PS2. The largest absolute Gasteiger partial charge is 0.351 e. The van der Waals surface area contributed by atoms with Gasteiger partial charge in [0.15, 0.2) is 0 Å². The van der Waals surface area contributed by atoms with E-state index in [0.29, 0.717) is 0 Å². The fourth-order valence-corrected chi connectivity index (χ4v) is 4.47. The summed E-state index contributed by atoms with van der Waals surface area (Å²) in [6, 6.07) is -0.846. The maximum absolute atomic E-state index is 10.9. The van der Waals surface area contributed by atoms with Crippen LogP contribution in [-0.4, -0.2) is 31.9 Å². The van der Waals surface area contributed by atoms with Crippen LogP contribution in [0.25, 0.3) is 0 Å². The Bertz CT molecular complexity index is 202. The summed E-state index contributed by atoms with van der Waals surface area (Å²) in [5, 5.41) is 1.94. The molecule has 6 nitrogen and oxygen atoms in total. The maximum Gasteiger partial charge on any atom is 0.318 e. The second-order valence-corrected chi connectivity index (χ2v) is 7.08. The molecule has 0 aliphatic heterocycles. The van der Waals surface area contributed by atoms with E-state index in [4.69, 9.17) is 14.8 Å². The summed E-state index contributed by atoms with van der Waals surface area (Å²) in [4.78, 5) is 21.1. The van der Waals surface area contributed by atoms with E-state index in [1.54, 1.807) is 0 Å². The molecule has 0 atom stereocenters. The average Bonchev–Trinajstić information content (AvgIpc) is 2.11. The van der Waals surface area contributed by atoms with Crippen LogP contribution in [0.1, 0.15) is 0 Å². The highest BCUT2D eigenvalue weighted by molar-refractivity contribution is 8.97. The molecule has 0 aromatic heterocycles. The SMILES string of the molecule is COP(OC)SSCC(=O)NC(N)=O. The molecule has 3 amide bonds. The Balaban J connectivity index is 3.52. The number of carbonyl (C=O) groups excluding carboxylic acids is 2. The van der Waals surface area contributed by atoms with Gasteiger partial charge >= 0.3 is 6.03 Å². The molecule has 0 rings (SSSR count). The minimum atomic E-state index is -1.02. The van der Waals surface area contributed by atoms with Crippen molar-refractivity contribution in [1.82, 2.24) is 5.32 Å². The van der Waals surface area contributed by atoms with E-state index in [1.807, 2.05) is 5.32 Å². The Labute approximate surface area is 90.7 Å². The van der Waals surface area contributed by atoms with Crippen molar-refractivity contribution in [2.45, 2.75) is 0 Å². The lowest BCUT2D eigenvalue weighted by Gasteiger charge is -2.08. The maximum atomic E-state index is 10.9. The first-order valence-corrected chi connectivity index (χ1v) is 7.47. The lowest BCUT2D eigenvalue weighted by Crippen LogP contribution is -2.35. The normalized spacial score (nSPS) is 10.2. The van der Waals surface area contributed by atoms with Gasteiger partial charge in [0.25, 0.3) is 0 Å². The van der Waals surface area contributed by atoms with Gasteiger partial charge in [0.1, 0.15) is 0 Å². The molecule has 0 fully saturated rings. The summed E-state index contributed by atoms with van der Waals surface area (Å²) in [5.74, 6) is -0.309. The van der Waals surface area contributed by atoms with Gasteiger partial charge in [-0.15, -0.1) is 0 Å². The summed E-state index contributed by atoms with van der Waals surface area (Å²) in [7, 11) is 4.55. The first-order chi connectivity index (χ1) is 6.60. The second kappa shape index (κ2) is 8.31. The Hall–Kier alpha value is -0.0100. The summed E-state index contributed by atoms with van der Waals surface area (Å²) in [6.45, 7) is 0. The molecule has 0 aromatic rings. The summed E-state index contributed by atoms with van der Waals surface area (Å²) in [5.41, 5.74) is 4.74. The molecule has 3 N–H and O–H groups in total. The van der Waals surface area contributed by atoms with Crippen molar-refractivity contribution in [3.05, 3.63) is 0 Å². The molecule has 82 valence electrons. The number of rotatable bonds is 6. The van der Waals surface area contributed by atoms with Crippen molar-refractivity contribution in [1.29, 1.82) is 0 Å². The lowest BCUT2D eigenvalue weighted by atomic mass is 10.7.